The van der Waals surface area contributed by atoms with Crippen LogP contribution in [0.5, 0.6) is 0 Å². The largest absolute Gasteiger partial charge is 0.359 e. The van der Waals surface area contributed by atoms with Crippen LogP contribution in [0.15, 0.2) is 42.5 Å². The summed E-state index contributed by atoms with van der Waals surface area (Å²) in [5.74, 6) is -0.209. The molecule has 0 aliphatic carbocycles. The molecule has 190 valence electrons. The van der Waals surface area contributed by atoms with Crippen molar-refractivity contribution in [2.24, 2.45) is 5.41 Å². The summed E-state index contributed by atoms with van der Waals surface area (Å²) >= 11 is 6.02. The molecular weight excluding hydrogens is 463 g/mol. The number of halogens is 2. The number of carbonyl (C=O) groups excluding carboxylic acids is 1. The second-order valence-corrected chi connectivity index (χ2v) is 11.6. The second kappa shape index (κ2) is 10.5. The quantitative estimate of drug-likeness (QED) is 0.574. The highest BCUT2D eigenvalue weighted by molar-refractivity contribution is 6.30. The Labute approximate surface area is 214 Å². The lowest BCUT2D eigenvalue weighted by molar-refractivity contribution is -0.140. The number of amides is 1. The molecule has 0 bridgehead atoms. The van der Waals surface area contributed by atoms with Gasteiger partial charge in [-0.1, -0.05) is 56.6 Å². The first-order chi connectivity index (χ1) is 16.5. The van der Waals surface area contributed by atoms with Gasteiger partial charge in [0.2, 0.25) is 5.91 Å². The van der Waals surface area contributed by atoms with Crippen molar-refractivity contribution in [1.82, 2.24) is 14.7 Å². The van der Waals surface area contributed by atoms with Crippen LogP contribution in [-0.4, -0.2) is 73.5 Å². The molecular formula is C28H38ClFN4O. The summed E-state index contributed by atoms with van der Waals surface area (Å²) < 4.78 is 14.9. The predicted molar refractivity (Wildman–Crippen MR) is 141 cm³/mol. The minimum Gasteiger partial charge on any atom is -0.359 e. The fraction of sp³-hybridized carbons (Fsp3) is 0.536. The number of piperazine rings is 1. The van der Waals surface area contributed by atoms with E-state index in [1.54, 1.807) is 12.1 Å². The van der Waals surface area contributed by atoms with Crippen LogP contribution in [0, 0.1) is 11.2 Å². The zero-order valence-electron chi connectivity index (χ0n) is 21.6. The van der Waals surface area contributed by atoms with E-state index in [0.29, 0.717) is 36.4 Å². The SMILES string of the molecule is CN(C)[C@@H]1CCN(Cc2ccc([C@@H]3CN(C(=O)C(C)(C)C)CCN3c3ccc(Cl)cc3F)cc2)C1. The highest BCUT2D eigenvalue weighted by Crippen LogP contribution is 2.35. The van der Waals surface area contributed by atoms with E-state index in [1.165, 1.54) is 18.1 Å². The van der Waals surface area contributed by atoms with E-state index >= 15 is 0 Å². The number of nitrogens with zero attached hydrogens (tertiary/aromatic N) is 4. The van der Waals surface area contributed by atoms with Crippen molar-refractivity contribution in [2.75, 3.05) is 51.7 Å². The van der Waals surface area contributed by atoms with Gasteiger partial charge in [-0.3, -0.25) is 9.69 Å². The van der Waals surface area contributed by atoms with Gasteiger partial charge in [0.15, 0.2) is 0 Å². The average Bonchev–Trinajstić information content (AvgIpc) is 3.27. The molecule has 0 saturated carbocycles. The molecule has 0 aromatic heterocycles. The minimum atomic E-state index is -0.456. The van der Waals surface area contributed by atoms with Crippen LogP contribution >= 0.6 is 11.6 Å². The first-order valence-electron chi connectivity index (χ1n) is 12.5. The van der Waals surface area contributed by atoms with Gasteiger partial charge in [-0.2, -0.15) is 0 Å². The zero-order chi connectivity index (χ0) is 25.3. The summed E-state index contributed by atoms with van der Waals surface area (Å²) in [6.45, 7) is 10.6. The number of anilines is 1. The summed E-state index contributed by atoms with van der Waals surface area (Å²) in [6, 6.07) is 14.0. The summed E-state index contributed by atoms with van der Waals surface area (Å²) in [5.41, 5.74) is 2.43. The van der Waals surface area contributed by atoms with Gasteiger partial charge >= 0.3 is 0 Å². The topological polar surface area (TPSA) is 30.0 Å². The summed E-state index contributed by atoms with van der Waals surface area (Å²) in [6.07, 6.45) is 1.20. The molecule has 4 rings (SSSR count). The first kappa shape index (κ1) is 25.9. The van der Waals surface area contributed by atoms with Crippen LogP contribution in [0.2, 0.25) is 5.02 Å². The smallest absolute Gasteiger partial charge is 0.228 e. The maximum atomic E-state index is 14.9. The van der Waals surface area contributed by atoms with Gasteiger partial charge in [0.1, 0.15) is 5.82 Å². The van der Waals surface area contributed by atoms with Crippen molar-refractivity contribution in [3.63, 3.8) is 0 Å². The average molecular weight is 501 g/mol. The van der Waals surface area contributed by atoms with Gasteiger partial charge in [-0.25, -0.2) is 4.39 Å². The maximum Gasteiger partial charge on any atom is 0.228 e. The lowest BCUT2D eigenvalue weighted by Gasteiger charge is -2.44. The molecule has 0 N–H and O–H groups in total. The third-order valence-corrected chi connectivity index (χ3v) is 7.51. The van der Waals surface area contributed by atoms with Crippen molar-refractivity contribution in [3.05, 3.63) is 64.4 Å². The Morgan fingerprint density at radius 3 is 2.37 bits per heavy atom. The number of hydrogen-bond acceptors (Lipinski definition) is 4. The molecule has 2 atom stereocenters. The van der Waals surface area contributed by atoms with E-state index in [9.17, 15) is 9.18 Å². The number of benzene rings is 2. The van der Waals surface area contributed by atoms with Crippen LogP contribution in [0.1, 0.15) is 44.4 Å². The van der Waals surface area contributed by atoms with Crippen molar-refractivity contribution in [1.29, 1.82) is 0 Å². The molecule has 5 nitrogen and oxygen atoms in total. The maximum absolute atomic E-state index is 14.9. The third kappa shape index (κ3) is 5.99. The fourth-order valence-corrected chi connectivity index (χ4v) is 5.37. The van der Waals surface area contributed by atoms with Crippen molar-refractivity contribution in [2.45, 2.75) is 45.8 Å². The van der Waals surface area contributed by atoms with Gasteiger partial charge in [-0.05, 0) is 49.8 Å². The summed E-state index contributed by atoms with van der Waals surface area (Å²) in [4.78, 5) is 21.9. The number of likely N-dealkylation sites (tertiary alicyclic amines) is 1. The van der Waals surface area contributed by atoms with E-state index in [1.807, 2.05) is 25.7 Å². The molecule has 7 heteroatoms. The van der Waals surface area contributed by atoms with Gasteiger partial charge in [-0.15, -0.1) is 0 Å². The lowest BCUT2D eigenvalue weighted by atomic mass is 9.92. The molecule has 2 fully saturated rings. The highest BCUT2D eigenvalue weighted by atomic mass is 35.5. The van der Waals surface area contributed by atoms with Gasteiger partial charge in [0, 0.05) is 55.7 Å². The standard InChI is InChI=1S/C28H38ClFN4O/c1-28(2,3)27(35)33-14-15-34(25-11-10-22(29)16-24(25)30)26(19-33)21-8-6-20(7-9-21)17-32-13-12-23(18-32)31(4)5/h6-11,16,23,26H,12-15,17-19H2,1-5H3/t23-,26+/m1/s1. The molecule has 1 amide bonds. The fourth-order valence-electron chi connectivity index (χ4n) is 5.21. The Morgan fingerprint density at radius 2 is 1.77 bits per heavy atom. The number of rotatable bonds is 5. The first-order valence-corrected chi connectivity index (χ1v) is 12.9. The Kier molecular flexibility index (Phi) is 7.74. The molecule has 2 saturated heterocycles. The molecule has 35 heavy (non-hydrogen) atoms. The lowest BCUT2D eigenvalue weighted by Crippen LogP contribution is -2.53. The summed E-state index contributed by atoms with van der Waals surface area (Å²) in [7, 11) is 4.30. The van der Waals surface area contributed by atoms with Crippen molar-refractivity contribution < 1.29 is 9.18 Å². The van der Waals surface area contributed by atoms with E-state index in [4.69, 9.17) is 11.6 Å². The Bertz CT molecular complexity index is 1040. The van der Waals surface area contributed by atoms with E-state index < -0.39 is 5.41 Å². The Balaban J connectivity index is 1.56. The molecule has 2 aliphatic rings. The van der Waals surface area contributed by atoms with E-state index in [0.717, 1.165) is 25.2 Å². The molecule has 0 spiro atoms. The molecule has 2 aliphatic heterocycles. The number of carbonyl (C=O) groups is 1. The zero-order valence-corrected chi connectivity index (χ0v) is 22.4. The highest BCUT2D eigenvalue weighted by Gasteiger charge is 2.36. The minimum absolute atomic E-state index is 0.125. The molecule has 2 aromatic carbocycles. The van der Waals surface area contributed by atoms with Gasteiger partial charge < -0.3 is 14.7 Å². The molecule has 2 heterocycles. The van der Waals surface area contributed by atoms with E-state index in [-0.39, 0.29) is 17.8 Å². The second-order valence-electron chi connectivity index (χ2n) is 11.2. The van der Waals surface area contributed by atoms with Gasteiger partial charge in [0.25, 0.3) is 0 Å². The Morgan fingerprint density at radius 1 is 1.06 bits per heavy atom. The van der Waals surface area contributed by atoms with Crippen LogP contribution in [0.25, 0.3) is 0 Å². The van der Waals surface area contributed by atoms with Crippen molar-refractivity contribution in [3.8, 4) is 0 Å². The monoisotopic (exact) mass is 500 g/mol. The van der Waals surface area contributed by atoms with Crippen molar-refractivity contribution >= 4 is 23.2 Å². The third-order valence-electron chi connectivity index (χ3n) is 7.28. The van der Waals surface area contributed by atoms with E-state index in [2.05, 4.69) is 53.1 Å². The predicted octanol–water partition coefficient (Wildman–Crippen LogP) is 5.05. The Hall–Kier alpha value is -2.15. The number of likely N-dealkylation sites (N-methyl/N-ethyl adjacent to an activating group) is 1. The normalized spacial score (nSPS) is 21.7. The molecule has 0 unspecified atom stereocenters. The van der Waals surface area contributed by atoms with Crippen LogP contribution < -0.4 is 4.90 Å². The van der Waals surface area contributed by atoms with Gasteiger partial charge in [0.05, 0.1) is 11.7 Å². The number of hydrogen-bond donors (Lipinski definition) is 0. The van der Waals surface area contributed by atoms with Crippen LogP contribution in [0.4, 0.5) is 10.1 Å². The van der Waals surface area contributed by atoms with Crippen LogP contribution in [0.3, 0.4) is 0 Å². The molecule has 2 aromatic rings. The summed E-state index contributed by atoms with van der Waals surface area (Å²) in [5, 5.41) is 0.382. The molecule has 0 radical (unpaired) electrons. The van der Waals surface area contributed by atoms with Crippen LogP contribution in [-0.2, 0) is 11.3 Å².